The van der Waals surface area contributed by atoms with Gasteiger partial charge in [0.25, 0.3) is 0 Å². The van der Waals surface area contributed by atoms with Gasteiger partial charge in [0.1, 0.15) is 0 Å². The molecule has 0 amide bonds. The van der Waals surface area contributed by atoms with Crippen molar-refractivity contribution in [3.05, 3.63) is 27.7 Å². The van der Waals surface area contributed by atoms with E-state index in [1.807, 2.05) is 13.8 Å². The molecule has 0 atom stereocenters. The Bertz CT molecular complexity index is 175. The maximum atomic E-state index is 5.64. The van der Waals surface area contributed by atoms with Gasteiger partial charge in [-0.05, 0) is 18.2 Å². The highest BCUT2D eigenvalue weighted by molar-refractivity contribution is 9.10. The van der Waals surface area contributed by atoms with Crippen molar-refractivity contribution in [1.29, 1.82) is 0 Å². The van der Waals surface area contributed by atoms with Gasteiger partial charge in [0.15, 0.2) is 0 Å². The quantitative estimate of drug-likeness (QED) is 0.683. The Morgan fingerprint density at radius 1 is 1.27 bits per heavy atom. The second kappa shape index (κ2) is 5.44. The first-order valence-corrected chi connectivity index (χ1v) is 4.57. The number of hydrogen-bond donors (Lipinski definition) is 1. The van der Waals surface area contributed by atoms with Crippen molar-refractivity contribution < 1.29 is 0 Å². The van der Waals surface area contributed by atoms with E-state index in [2.05, 4.69) is 15.9 Å². The number of hydrogen-bond acceptors (Lipinski definition) is 1. The summed E-state index contributed by atoms with van der Waals surface area (Å²) in [5.41, 5.74) is 6.12. The van der Waals surface area contributed by atoms with Crippen LogP contribution in [0.3, 0.4) is 0 Å². The predicted octanol–water partition coefficient (Wildman–Crippen LogP) is 3.71. The third kappa shape index (κ3) is 4.27. The van der Waals surface area contributed by atoms with Crippen LogP contribution in [0.5, 0.6) is 0 Å². The van der Waals surface area contributed by atoms with Crippen LogP contribution in [-0.4, -0.2) is 0 Å². The van der Waals surface area contributed by atoms with Crippen molar-refractivity contribution in [2.45, 2.75) is 13.8 Å². The highest BCUT2D eigenvalue weighted by atomic mass is 79.9. The normalized spacial score (nSPS) is 8.36. The molecular formula is C8H11BrClN. The summed E-state index contributed by atoms with van der Waals surface area (Å²) < 4.78 is 0.910. The van der Waals surface area contributed by atoms with Gasteiger partial charge < -0.3 is 5.73 Å². The molecule has 1 nitrogen and oxygen atoms in total. The molecule has 0 fully saturated rings. The fourth-order valence-corrected chi connectivity index (χ4v) is 1.46. The van der Waals surface area contributed by atoms with Crippen LogP contribution in [0.2, 0.25) is 5.02 Å². The van der Waals surface area contributed by atoms with Crippen molar-refractivity contribution in [3.8, 4) is 0 Å². The molecule has 0 spiro atoms. The van der Waals surface area contributed by atoms with Crippen molar-refractivity contribution in [2.24, 2.45) is 0 Å². The molecule has 1 aromatic carbocycles. The van der Waals surface area contributed by atoms with E-state index >= 15 is 0 Å². The summed E-state index contributed by atoms with van der Waals surface area (Å²) in [5, 5.41) is 0.655. The lowest BCUT2D eigenvalue weighted by molar-refractivity contribution is 1.50. The number of benzene rings is 1. The van der Waals surface area contributed by atoms with E-state index in [0.29, 0.717) is 10.7 Å². The largest absolute Gasteiger partial charge is 0.399 e. The lowest BCUT2D eigenvalue weighted by Gasteiger charge is -1.94. The zero-order valence-corrected chi connectivity index (χ0v) is 8.91. The Morgan fingerprint density at radius 2 is 1.82 bits per heavy atom. The summed E-state index contributed by atoms with van der Waals surface area (Å²) in [6, 6.07) is 5.29. The Morgan fingerprint density at radius 3 is 2.18 bits per heavy atom. The van der Waals surface area contributed by atoms with Gasteiger partial charge in [0.05, 0.1) is 0 Å². The van der Waals surface area contributed by atoms with Gasteiger partial charge >= 0.3 is 0 Å². The first kappa shape index (κ1) is 10.8. The van der Waals surface area contributed by atoms with E-state index in [0.717, 1.165) is 4.47 Å². The molecule has 0 unspecified atom stereocenters. The van der Waals surface area contributed by atoms with Gasteiger partial charge in [-0.25, -0.2) is 0 Å². The van der Waals surface area contributed by atoms with Gasteiger partial charge in [-0.3, -0.25) is 0 Å². The van der Waals surface area contributed by atoms with E-state index in [1.165, 1.54) is 0 Å². The molecule has 1 rings (SSSR count). The number of rotatable bonds is 0. The Balaban J connectivity index is 0.000000461. The van der Waals surface area contributed by atoms with E-state index in [-0.39, 0.29) is 0 Å². The summed E-state index contributed by atoms with van der Waals surface area (Å²) in [6.45, 7) is 4.00. The topological polar surface area (TPSA) is 26.0 Å². The predicted molar refractivity (Wildman–Crippen MR) is 54.9 cm³/mol. The maximum absolute atomic E-state index is 5.64. The molecule has 0 bridgehead atoms. The minimum atomic E-state index is 0.655. The van der Waals surface area contributed by atoms with Gasteiger partial charge in [0.2, 0.25) is 0 Å². The third-order valence-corrected chi connectivity index (χ3v) is 1.56. The second-order valence-electron chi connectivity index (χ2n) is 1.70. The number of anilines is 1. The van der Waals surface area contributed by atoms with Crippen LogP contribution in [0.1, 0.15) is 13.8 Å². The van der Waals surface area contributed by atoms with Gasteiger partial charge in [-0.1, -0.05) is 41.4 Å². The lowest BCUT2D eigenvalue weighted by atomic mass is 10.3. The van der Waals surface area contributed by atoms with Crippen molar-refractivity contribution in [2.75, 3.05) is 5.73 Å². The minimum Gasteiger partial charge on any atom is -0.399 e. The molecule has 62 valence electrons. The monoisotopic (exact) mass is 235 g/mol. The van der Waals surface area contributed by atoms with E-state index in [1.54, 1.807) is 18.2 Å². The smallest absolute Gasteiger partial charge is 0.0437 e. The van der Waals surface area contributed by atoms with E-state index in [9.17, 15) is 0 Å². The summed E-state index contributed by atoms with van der Waals surface area (Å²) >= 11 is 8.89. The summed E-state index contributed by atoms with van der Waals surface area (Å²) in [7, 11) is 0. The van der Waals surface area contributed by atoms with Crippen molar-refractivity contribution in [1.82, 2.24) is 0 Å². The summed E-state index contributed by atoms with van der Waals surface area (Å²) in [4.78, 5) is 0. The molecule has 0 heterocycles. The fourth-order valence-electron chi connectivity index (χ4n) is 0.575. The molecule has 0 saturated carbocycles. The molecule has 0 saturated heterocycles. The molecule has 0 aliphatic heterocycles. The molecule has 0 aliphatic rings. The van der Waals surface area contributed by atoms with Crippen LogP contribution in [0.25, 0.3) is 0 Å². The van der Waals surface area contributed by atoms with Crippen LogP contribution >= 0.6 is 27.5 Å². The standard InChI is InChI=1S/C6H5BrClN.C2H6/c7-4-1-5(8)3-6(9)2-4;1-2/h1-3H,9H2;1-2H3. The van der Waals surface area contributed by atoms with Gasteiger partial charge in [-0.2, -0.15) is 0 Å². The first-order chi connectivity index (χ1) is 5.18. The molecule has 2 N–H and O–H groups in total. The van der Waals surface area contributed by atoms with Crippen molar-refractivity contribution >= 4 is 33.2 Å². The Labute approximate surface area is 80.7 Å². The van der Waals surface area contributed by atoms with Crippen LogP contribution in [0.4, 0.5) is 5.69 Å². The SMILES string of the molecule is CC.Nc1cc(Cl)cc(Br)c1. The van der Waals surface area contributed by atoms with Crippen LogP contribution < -0.4 is 5.73 Å². The first-order valence-electron chi connectivity index (χ1n) is 3.40. The molecule has 0 radical (unpaired) electrons. The van der Waals surface area contributed by atoms with E-state index in [4.69, 9.17) is 17.3 Å². The van der Waals surface area contributed by atoms with Gasteiger partial charge in [0, 0.05) is 15.2 Å². The Kier molecular flexibility index (Phi) is 5.34. The third-order valence-electron chi connectivity index (χ3n) is 0.885. The minimum absolute atomic E-state index is 0.655. The summed E-state index contributed by atoms with van der Waals surface area (Å²) in [5.74, 6) is 0. The van der Waals surface area contributed by atoms with Crippen molar-refractivity contribution in [3.63, 3.8) is 0 Å². The van der Waals surface area contributed by atoms with E-state index < -0.39 is 0 Å². The highest BCUT2D eigenvalue weighted by Crippen LogP contribution is 2.20. The Hall–Kier alpha value is -0.210. The number of halogens is 2. The molecule has 0 aromatic heterocycles. The molecular weight excluding hydrogens is 225 g/mol. The number of nitrogen functional groups attached to an aromatic ring is 1. The summed E-state index contributed by atoms with van der Waals surface area (Å²) in [6.07, 6.45) is 0. The van der Waals surface area contributed by atoms with Crippen LogP contribution in [0.15, 0.2) is 22.7 Å². The number of nitrogens with two attached hydrogens (primary N) is 1. The lowest BCUT2D eigenvalue weighted by Crippen LogP contribution is -1.82. The van der Waals surface area contributed by atoms with Gasteiger partial charge in [-0.15, -0.1) is 0 Å². The average molecular weight is 237 g/mol. The van der Waals surface area contributed by atoms with Crippen LogP contribution in [0, 0.1) is 0 Å². The molecule has 1 aromatic rings. The zero-order chi connectivity index (χ0) is 8.85. The molecule has 3 heteroatoms. The van der Waals surface area contributed by atoms with Crippen LogP contribution in [-0.2, 0) is 0 Å². The molecule has 0 aliphatic carbocycles. The average Bonchev–Trinajstić information content (AvgIpc) is 1.88. The fraction of sp³-hybridized carbons (Fsp3) is 0.250. The molecule has 11 heavy (non-hydrogen) atoms. The zero-order valence-electron chi connectivity index (χ0n) is 6.57. The highest BCUT2D eigenvalue weighted by Gasteiger charge is 1.91. The maximum Gasteiger partial charge on any atom is 0.0437 e. The second-order valence-corrected chi connectivity index (χ2v) is 3.05.